The number of halogens is 4. The molecule has 0 heterocycles. The number of amides is 1. The van der Waals surface area contributed by atoms with Crippen LogP contribution in [0.4, 0.5) is 23.7 Å². The SMILES string of the molecule is CC(C)(C)OC(=O)NCCNc1ccc(C(F)(F)F)cc1Br. The maximum Gasteiger partial charge on any atom is 0.416 e. The molecule has 0 fully saturated rings. The molecule has 4 nitrogen and oxygen atoms in total. The number of carbonyl (C=O) groups excluding carboxylic acids is 1. The molecule has 0 spiro atoms. The fourth-order valence-electron chi connectivity index (χ4n) is 1.51. The maximum atomic E-state index is 12.5. The molecule has 8 heteroatoms. The summed E-state index contributed by atoms with van der Waals surface area (Å²) in [6.45, 7) is 5.89. The number of ether oxygens (including phenoxy) is 1. The summed E-state index contributed by atoms with van der Waals surface area (Å²) >= 11 is 3.09. The van der Waals surface area contributed by atoms with E-state index in [-0.39, 0.29) is 6.54 Å². The van der Waals surface area contributed by atoms with Crippen molar-refractivity contribution in [3.05, 3.63) is 28.2 Å². The van der Waals surface area contributed by atoms with Gasteiger partial charge in [-0.15, -0.1) is 0 Å². The number of anilines is 1. The average Bonchev–Trinajstić information content (AvgIpc) is 2.32. The molecule has 0 unspecified atom stereocenters. The third-order valence-corrected chi connectivity index (χ3v) is 3.06. The first-order valence-corrected chi connectivity index (χ1v) is 7.36. The highest BCUT2D eigenvalue weighted by atomic mass is 79.9. The number of rotatable bonds is 4. The molecule has 0 aromatic heterocycles. The smallest absolute Gasteiger partial charge is 0.416 e. The van der Waals surface area contributed by atoms with E-state index in [1.54, 1.807) is 20.8 Å². The molecular weight excluding hydrogens is 365 g/mol. The summed E-state index contributed by atoms with van der Waals surface area (Å²) in [4.78, 5) is 11.4. The summed E-state index contributed by atoms with van der Waals surface area (Å²) in [5.74, 6) is 0. The van der Waals surface area contributed by atoms with Gasteiger partial charge in [0.25, 0.3) is 0 Å². The van der Waals surface area contributed by atoms with E-state index in [4.69, 9.17) is 4.74 Å². The molecule has 0 saturated heterocycles. The van der Waals surface area contributed by atoms with Crippen molar-refractivity contribution in [2.75, 3.05) is 18.4 Å². The summed E-state index contributed by atoms with van der Waals surface area (Å²) in [6.07, 6.45) is -4.92. The highest BCUT2D eigenvalue weighted by Crippen LogP contribution is 2.33. The second-order valence-electron chi connectivity index (χ2n) is 5.55. The van der Waals surface area contributed by atoms with Crippen LogP contribution in [0.1, 0.15) is 26.3 Å². The molecule has 0 aliphatic heterocycles. The first-order valence-electron chi connectivity index (χ1n) is 6.56. The van der Waals surface area contributed by atoms with E-state index in [2.05, 4.69) is 26.6 Å². The number of alkyl halides is 3. The van der Waals surface area contributed by atoms with Crippen molar-refractivity contribution in [2.45, 2.75) is 32.5 Å². The molecule has 124 valence electrons. The van der Waals surface area contributed by atoms with Crippen LogP contribution in [0.2, 0.25) is 0 Å². The molecule has 1 aromatic carbocycles. The van der Waals surface area contributed by atoms with E-state index in [0.29, 0.717) is 16.7 Å². The number of benzene rings is 1. The molecule has 0 aliphatic carbocycles. The Morgan fingerprint density at radius 3 is 2.36 bits per heavy atom. The lowest BCUT2D eigenvalue weighted by Gasteiger charge is -2.19. The normalized spacial score (nSPS) is 12.0. The molecular formula is C14H18BrF3N2O2. The van der Waals surface area contributed by atoms with E-state index in [1.807, 2.05) is 0 Å². The number of alkyl carbamates (subject to hydrolysis) is 1. The molecule has 0 aliphatic rings. The van der Waals surface area contributed by atoms with Crippen LogP contribution in [0, 0.1) is 0 Å². The largest absolute Gasteiger partial charge is 0.444 e. The Morgan fingerprint density at radius 1 is 1.23 bits per heavy atom. The zero-order chi connectivity index (χ0) is 17.0. The summed E-state index contributed by atoms with van der Waals surface area (Å²) < 4.78 is 42.9. The van der Waals surface area contributed by atoms with E-state index >= 15 is 0 Å². The third kappa shape index (κ3) is 6.55. The quantitative estimate of drug-likeness (QED) is 0.758. The second kappa shape index (κ2) is 7.21. The predicted molar refractivity (Wildman–Crippen MR) is 81.9 cm³/mol. The van der Waals surface area contributed by atoms with Gasteiger partial charge in [0.05, 0.1) is 5.56 Å². The maximum absolute atomic E-state index is 12.5. The van der Waals surface area contributed by atoms with Crippen LogP contribution in [0.3, 0.4) is 0 Å². The van der Waals surface area contributed by atoms with Crippen LogP contribution in [0.25, 0.3) is 0 Å². The van der Waals surface area contributed by atoms with Crippen molar-refractivity contribution in [3.8, 4) is 0 Å². The molecule has 0 saturated carbocycles. The van der Waals surface area contributed by atoms with Crippen molar-refractivity contribution < 1.29 is 22.7 Å². The molecule has 22 heavy (non-hydrogen) atoms. The lowest BCUT2D eigenvalue weighted by molar-refractivity contribution is -0.137. The minimum Gasteiger partial charge on any atom is -0.444 e. The Bertz CT molecular complexity index is 528. The zero-order valence-corrected chi connectivity index (χ0v) is 14.1. The summed E-state index contributed by atoms with van der Waals surface area (Å²) in [5, 5.41) is 5.47. The van der Waals surface area contributed by atoms with E-state index in [1.165, 1.54) is 6.07 Å². The molecule has 1 rings (SSSR count). The topological polar surface area (TPSA) is 50.4 Å². The van der Waals surface area contributed by atoms with Crippen molar-refractivity contribution in [3.63, 3.8) is 0 Å². The van der Waals surface area contributed by atoms with Gasteiger partial charge in [0, 0.05) is 23.2 Å². The highest BCUT2D eigenvalue weighted by Gasteiger charge is 2.30. The van der Waals surface area contributed by atoms with Gasteiger partial charge in [-0.3, -0.25) is 0 Å². The van der Waals surface area contributed by atoms with Gasteiger partial charge >= 0.3 is 12.3 Å². The Kier molecular flexibility index (Phi) is 6.10. The summed E-state index contributed by atoms with van der Waals surface area (Å²) in [7, 11) is 0. The molecule has 0 bridgehead atoms. The molecule has 0 atom stereocenters. The van der Waals surface area contributed by atoms with E-state index in [0.717, 1.165) is 12.1 Å². The van der Waals surface area contributed by atoms with Crippen LogP contribution in [-0.4, -0.2) is 24.8 Å². The molecule has 0 radical (unpaired) electrons. The van der Waals surface area contributed by atoms with Gasteiger partial charge in [0.1, 0.15) is 5.60 Å². The van der Waals surface area contributed by atoms with Crippen molar-refractivity contribution in [2.24, 2.45) is 0 Å². The lowest BCUT2D eigenvalue weighted by Crippen LogP contribution is -2.35. The van der Waals surface area contributed by atoms with Crippen LogP contribution < -0.4 is 10.6 Å². The Morgan fingerprint density at radius 2 is 1.86 bits per heavy atom. The Hall–Kier alpha value is -1.44. The van der Waals surface area contributed by atoms with Crippen LogP contribution >= 0.6 is 15.9 Å². The van der Waals surface area contributed by atoms with Gasteiger partial charge in [-0.05, 0) is 54.9 Å². The van der Waals surface area contributed by atoms with Gasteiger partial charge in [-0.2, -0.15) is 13.2 Å². The Balaban J connectivity index is 2.45. The molecule has 2 N–H and O–H groups in total. The number of hydrogen-bond acceptors (Lipinski definition) is 3. The number of carbonyl (C=O) groups is 1. The van der Waals surface area contributed by atoms with Gasteiger partial charge in [0.15, 0.2) is 0 Å². The highest BCUT2D eigenvalue weighted by molar-refractivity contribution is 9.10. The van der Waals surface area contributed by atoms with E-state index in [9.17, 15) is 18.0 Å². The number of hydrogen-bond donors (Lipinski definition) is 2. The first kappa shape index (κ1) is 18.6. The first-order chi connectivity index (χ1) is 9.99. The average molecular weight is 383 g/mol. The van der Waals surface area contributed by atoms with Crippen molar-refractivity contribution >= 4 is 27.7 Å². The minimum atomic E-state index is -4.38. The fraction of sp³-hybridized carbons (Fsp3) is 0.500. The minimum absolute atomic E-state index is 0.280. The van der Waals surface area contributed by atoms with Crippen LogP contribution in [0.15, 0.2) is 22.7 Å². The van der Waals surface area contributed by atoms with Gasteiger partial charge in [0.2, 0.25) is 0 Å². The van der Waals surface area contributed by atoms with E-state index < -0.39 is 23.4 Å². The van der Waals surface area contributed by atoms with Crippen LogP contribution in [0.5, 0.6) is 0 Å². The predicted octanol–water partition coefficient (Wildman–Crippen LogP) is 4.40. The molecule has 1 amide bonds. The van der Waals surface area contributed by atoms with Gasteiger partial charge in [-0.1, -0.05) is 0 Å². The van der Waals surface area contributed by atoms with Gasteiger partial charge in [-0.25, -0.2) is 4.79 Å². The number of nitrogens with one attached hydrogen (secondary N) is 2. The van der Waals surface area contributed by atoms with Crippen molar-refractivity contribution in [1.82, 2.24) is 5.32 Å². The monoisotopic (exact) mass is 382 g/mol. The Labute approximate surface area is 135 Å². The molecule has 1 aromatic rings. The second-order valence-corrected chi connectivity index (χ2v) is 6.40. The summed E-state index contributed by atoms with van der Waals surface area (Å²) in [5.41, 5.74) is -0.788. The van der Waals surface area contributed by atoms with Crippen LogP contribution in [-0.2, 0) is 10.9 Å². The lowest BCUT2D eigenvalue weighted by atomic mass is 10.2. The third-order valence-electron chi connectivity index (χ3n) is 2.41. The summed E-state index contributed by atoms with van der Waals surface area (Å²) in [6, 6.07) is 3.33. The van der Waals surface area contributed by atoms with Crippen molar-refractivity contribution in [1.29, 1.82) is 0 Å². The fourth-order valence-corrected chi connectivity index (χ4v) is 2.03. The standard InChI is InChI=1S/C14H18BrF3N2O2/c1-13(2,3)22-12(21)20-7-6-19-11-5-4-9(8-10(11)15)14(16,17)18/h4-5,8,19H,6-7H2,1-3H3,(H,20,21). The van der Waals surface area contributed by atoms with Gasteiger partial charge < -0.3 is 15.4 Å². The zero-order valence-electron chi connectivity index (χ0n) is 12.5.